The predicted octanol–water partition coefficient (Wildman–Crippen LogP) is 3.65. The van der Waals surface area contributed by atoms with E-state index in [2.05, 4.69) is 0 Å². The van der Waals surface area contributed by atoms with Gasteiger partial charge in [0.1, 0.15) is 11.6 Å². The number of hydrogen-bond donors (Lipinski definition) is 0. The first kappa shape index (κ1) is 25.6. The Morgan fingerprint density at radius 1 is 0.636 bits per heavy atom. The maximum Gasteiger partial charge on any atom is 0.308 e. The molecule has 0 aliphatic heterocycles. The zero-order valence-corrected chi connectivity index (χ0v) is 19.3. The number of carbonyl (C=O) groups is 4. The van der Waals surface area contributed by atoms with Gasteiger partial charge in [0.05, 0.1) is 20.6 Å². The molecule has 33 heavy (non-hydrogen) atoms. The molecule has 0 aliphatic rings. The SMILES string of the molecule is COc1cc(CCC(=O)CC(=O)CCc2ccc(OC(C)=O)c(OC)c2)ccc1OC(C)=O. The molecule has 0 bridgehead atoms. The van der Waals surface area contributed by atoms with E-state index in [1.165, 1.54) is 28.1 Å². The van der Waals surface area contributed by atoms with Gasteiger partial charge < -0.3 is 18.9 Å². The smallest absolute Gasteiger partial charge is 0.308 e. The van der Waals surface area contributed by atoms with Gasteiger partial charge in [-0.25, -0.2) is 0 Å². The Morgan fingerprint density at radius 3 is 1.36 bits per heavy atom. The lowest BCUT2D eigenvalue weighted by molar-refractivity contribution is -0.132. The zero-order valence-electron chi connectivity index (χ0n) is 19.3. The van der Waals surface area contributed by atoms with Crippen LogP contribution in [-0.4, -0.2) is 37.7 Å². The molecule has 0 saturated carbocycles. The summed E-state index contributed by atoms with van der Waals surface area (Å²) in [5.74, 6) is 0.238. The minimum Gasteiger partial charge on any atom is -0.493 e. The van der Waals surface area contributed by atoms with Crippen LogP contribution in [0.4, 0.5) is 0 Å². The number of rotatable bonds is 12. The summed E-state index contributed by atoms with van der Waals surface area (Å²) in [6.07, 6.45) is 1.18. The van der Waals surface area contributed by atoms with Gasteiger partial charge in [0.15, 0.2) is 23.0 Å². The second-order valence-electron chi connectivity index (χ2n) is 7.41. The minimum absolute atomic E-state index is 0.134. The fourth-order valence-electron chi connectivity index (χ4n) is 3.18. The molecule has 0 amide bonds. The third kappa shape index (κ3) is 8.40. The van der Waals surface area contributed by atoms with Crippen molar-refractivity contribution in [2.45, 2.75) is 46.0 Å². The Kier molecular flexibility index (Phi) is 9.60. The van der Waals surface area contributed by atoms with Gasteiger partial charge in [-0.1, -0.05) is 12.1 Å². The number of carbonyl (C=O) groups excluding carboxylic acids is 4. The van der Waals surface area contributed by atoms with Crippen molar-refractivity contribution in [3.63, 3.8) is 0 Å². The van der Waals surface area contributed by atoms with E-state index in [0.717, 1.165) is 11.1 Å². The number of aryl methyl sites for hydroxylation is 2. The van der Waals surface area contributed by atoms with Crippen molar-refractivity contribution in [2.24, 2.45) is 0 Å². The number of benzene rings is 2. The van der Waals surface area contributed by atoms with Gasteiger partial charge in [-0.05, 0) is 48.2 Å². The highest BCUT2D eigenvalue weighted by molar-refractivity contribution is 5.99. The van der Waals surface area contributed by atoms with E-state index in [-0.39, 0.29) is 30.8 Å². The summed E-state index contributed by atoms with van der Waals surface area (Å²) in [6, 6.07) is 10.2. The fourth-order valence-corrected chi connectivity index (χ4v) is 3.18. The average molecular weight is 456 g/mol. The predicted molar refractivity (Wildman–Crippen MR) is 120 cm³/mol. The van der Waals surface area contributed by atoms with Crippen molar-refractivity contribution in [1.82, 2.24) is 0 Å². The molecule has 0 radical (unpaired) electrons. The van der Waals surface area contributed by atoms with Crippen LogP contribution in [0.15, 0.2) is 36.4 Å². The van der Waals surface area contributed by atoms with Gasteiger partial charge in [-0.2, -0.15) is 0 Å². The molecule has 8 nitrogen and oxygen atoms in total. The van der Waals surface area contributed by atoms with Gasteiger partial charge in [0.2, 0.25) is 0 Å². The van der Waals surface area contributed by atoms with Crippen LogP contribution in [0.2, 0.25) is 0 Å². The number of ketones is 2. The molecular formula is C25H28O8. The molecule has 2 rings (SSSR count). The number of Topliss-reactive ketones (excluding diaryl/α,β-unsaturated/α-hetero) is 2. The van der Waals surface area contributed by atoms with Crippen LogP contribution < -0.4 is 18.9 Å². The molecule has 8 heteroatoms. The monoisotopic (exact) mass is 456 g/mol. The summed E-state index contributed by atoms with van der Waals surface area (Å²) in [5, 5.41) is 0. The first-order chi connectivity index (χ1) is 15.7. The van der Waals surface area contributed by atoms with Crippen LogP contribution in [-0.2, 0) is 32.0 Å². The summed E-state index contributed by atoms with van der Waals surface area (Å²) in [4.78, 5) is 46.8. The Hall–Kier alpha value is -3.68. The highest BCUT2D eigenvalue weighted by Crippen LogP contribution is 2.29. The summed E-state index contributed by atoms with van der Waals surface area (Å²) < 4.78 is 20.6. The molecule has 2 aromatic rings. The molecule has 0 spiro atoms. The largest absolute Gasteiger partial charge is 0.493 e. The second kappa shape index (κ2) is 12.4. The lowest BCUT2D eigenvalue weighted by Crippen LogP contribution is -2.10. The standard InChI is InChI=1S/C25H28O8/c1-16(26)32-22-11-7-18(13-24(22)30-3)5-9-20(28)15-21(29)10-6-19-8-12-23(33-17(2)27)25(14-19)31-4/h7-8,11-14H,5-6,9-10,15H2,1-4H3. The van der Waals surface area contributed by atoms with Gasteiger partial charge in [0, 0.05) is 26.7 Å². The topological polar surface area (TPSA) is 105 Å². The highest BCUT2D eigenvalue weighted by atomic mass is 16.6. The van der Waals surface area contributed by atoms with Crippen molar-refractivity contribution < 1.29 is 38.1 Å². The summed E-state index contributed by atoms with van der Waals surface area (Å²) in [7, 11) is 2.94. The minimum atomic E-state index is -0.450. The van der Waals surface area contributed by atoms with E-state index in [9.17, 15) is 19.2 Å². The van der Waals surface area contributed by atoms with E-state index in [1.807, 2.05) is 0 Å². The van der Waals surface area contributed by atoms with Crippen LogP contribution in [0.1, 0.15) is 44.2 Å². The molecule has 0 saturated heterocycles. The molecule has 0 aromatic heterocycles. The Labute approximate surface area is 192 Å². The third-order valence-electron chi connectivity index (χ3n) is 4.74. The van der Waals surface area contributed by atoms with Gasteiger partial charge in [-0.15, -0.1) is 0 Å². The number of ether oxygens (including phenoxy) is 4. The zero-order chi connectivity index (χ0) is 24.4. The first-order valence-electron chi connectivity index (χ1n) is 10.5. The lowest BCUT2D eigenvalue weighted by atomic mass is 10.0. The van der Waals surface area contributed by atoms with E-state index in [4.69, 9.17) is 18.9 Å². The van der Waals surface area contributed by atoms with Crippen LogP contribution in [0.5, 0.6) is 23.0 Å². The van der Waals surface area contributed by atoms with Crippen molar-refractivity contribution in [1.29, 1.82) is 0 Å². The number of hydrogen-bond acceptors (Lipinski definition) is 8. The van der Waals surface area contributed by atoms with Gasteiger partial charge in [-0.3, -0.25) is 19.2 Å². The molecular weight excluding hydrogens is 428 g/mol. The molecule has 0 unspecified atom stereocenters. The van der Waals surface area contributed by atoms with Crippen molar-refractivity contribution in [3.8, 4) is 23.0 Å². The van der Waals surface area contributed by atoms with Crippen LogP contribution in [0.25, 0.3) is 0 Å². The number of methoxy groups -OCH3 is 2. The Bertz CT molecular complexity index is 944. The molecule has 0 N–H and O–H groups in total. The summed E-state index contributed by atoms with van der Waals surface area (Å²) >= 11 is 0. The van der Waals surface area contributed by atoms with E-state index in [1.54, 1.807) is 36.4 Å². The first-order valence-corrected chi connectivity index (χ1v) is 10.5. The van der Waals surface area contributed by atoms with Crippen molar-refractivity contribution in [3.05, 3.63) is 47.5 Å². The molecule has 0 fully saturated rings. The molecule has 2 aromatic carbocycles. The number of esters is 2. The molecule has 0 aliphatic carbocycles. The average Bonchev–Trinajstić information content (AvgIpc) is 2.76. The summed E-state index contributed by atoms with van der Waals surface area (Å²) in [6.45, 7) is 2.61. The van der Waals surface area contributed by atoms with Crippen LogP contribution in [0.3, 0.4) is 0 Å². The maximum atomic E-state index is 12.3. The molecule has 0 atom stereocenters. The Morgan fingerprint density at radius 2 is 1.03 bits per heavy atom. The maximum absolute atomic E-state index is 12.3. The van der Waals surface area contributed by atoms with Crippen molar-refractivity contribution in [2.75, 3.05) is 14.2 Å². The quantitative estimate of drug-likeness (QED) is 0.271. The van der Waals surface area contributed by atoms with E-state index < -0.39 is 11.9 Å². The molecule has 0 heterocycles. The van der Waals surface area contributed by atoms with Crippen molar-refractivity contribution >= 4 is 23.5 Å². The Balaban J connectivity index is 1.84. The van der Waals surface area contributed by atoms with Gasteiger partial charge >= 0.3 is 11.9 Å². The van der Waals surface area contributed by atoms with Gasteiger partial charge in [0.25, 0.3) is 0 Å². The second-order valence-corrected chi connectivity index (χ2v) is 7.41. The third-order valence-corrected chi connectivity index (χ3v) is 4.74. The summed E-state index contributed by atoms with van der Waals surface area (Å²) in [5.41, 5.74) is 1.67. The van der Waals surface area contributed by atoms with E-state index >= 15 is 0 Å². The van der Waals surface area contributed by atoms with Crippen LogP contribution >= 0.6 is 0 Å². The lowest BCUT2D eigenvalue weighted by Gasteiger charge is -2.10. The van der Waals surface area contributed by atoms with E-state index in [0.29, 0.717) is 35.8 Å². The fraction of sp³-hybridized carbons (Fsp3) is 0.360. The highest BCUT2D eigenvalue weighted by Gasteiger charge is 2.14. The van der Waals surface area contributed by atoms with Crippen LogP contribution in [0, 0.1) is 0 Å². The normalized spacial score (nSPS) is 10.3. The molecule has 176 valence electrons.